The van der Waals surface area contributed by atoms with Crippen LogP contribution in [-0.2, 0) is 4.79 Å². The minimum atomic E-state index is -1.06. The zero-order valence-electron chi connectivity index (χ0n) is 9.81. The third kappa shape index (κ3) is 3.23. The van der Waals surface area contributed by atoms with Crippen LogP contribution in [0.15, 0.2) is 48.5 Å². The Labute approximate surface area is 114 Å². The number of halogens is 2. The molecule has 0 radical (unpaired) electrons. The molecule has 1 unspecified atom stereocenters. The molecule has 0 spiro atoms. The van der Waals surface area contributed by atoms with E-state index < -0.39 is 17.8 Å². The predicted octanol–water partition coefficient (Wildman–Crippen LogP) is 3.72. The van der Waals surface area contributed by atoms with Gasteiger partial charge in [0.15, 0.2) is 6.04 Å². The highest BCUT2D eigenvalue weighted by Crippen LogP contribution is 2.26. The minimum Gasteiger partial charge on any atom is -0.479 e. The molecule has 0 aliphatic heterocycles. The van der Waals surface area contributed by atoms with Gasteiger partial charge in [-0.1, -0.05) is 35.9 Å². The first-order valence-corrected chi connectivity index (χ1v) is 5.95. The van der Waals surface area contributed by atoms with Crippen LogP contribution < -0.4 is 5.32 Å². The second-order valence-electron chi connectivity index (χ2n) is 3.95. The molecule has 0 saturated heterocycles. The SMILES string of the molecule is O=C(O)C(Nc1ccccc1Cl)c1ccc(F)cc1. The van der Waals surface area contributed by atoms with E-state index in [0.717, 1.165) is 0 Å². The summed E-state index contributed by atoms with van der Waals surface area (Å²) in [6, 6.07) is 11.2. The van der Waals surface area contributed by atoms with Gasteiger partial charge in [-0.25, -0.2) is 9.18 Å². The van der Waals surface area contributed by atoms with Crippen LogP contribution in [0.3, 0.4) is 0 Å². The van der Waals surface area contributed by atoms with Crippen molar-refractivity contribution in [3.8, 4) is 0 Å². The highest BCUT2D eigenvalue weighted by atomic mass is 35.5. The lowest BCUT2D eigenvalue weighted by atomic mass is 10.1. The quantitative estimate of drug-likeness (QED) is 0.897. The van der Waals surface area contributed by atoms with E-state index in [2.05, 4.69) is 5.32 Å². The topological polar surface area (TPSA) is 49.3 Å². The van der Waals surface area contributed by atoms with E-state index in [-0.39, 0.29) is 0 Å². The number of carboxylic acids is 1. The second-order valence-corrected chi connectivity index (χ2v) is 4.35. The van der Waals surface area contributed by atoms with Gasteiger partial charge in [-0.3, -0.25) is 0 Å². The molecule has 0 amide bonds. The Morgan fingerprint density at radius 3 is 2.37 bits per heavy atom. The Morgan fingerprint density at radius 1 is 1.16 bits per heavy atom. The van der Waals surface area contributed by atoms with E-state index in [0.29, 0.717) is 16.3 Å². The van der Waals surface area contributed by atoms with Crippen molar-refractivity contribution < 1.29 is 14.3 Å². The summed E-state index contributed by atoms with van der Waals surface area (Å²) >= 11 is 5.97. The molecule has 0 aliphatic carbocycles. The third-order valence-corrected chi connectivity index (χ3v) is 2.95. The number of aliphatic carboxylic acids is 1. The van der Waals surface area contributed by atoms with Gasteiger partial charge >= 0.3 is 5.97 Å². The molecule has 0 saturated carbocycles. The number of hydrogen-bond acceptors (Lipinski definition) is 2. The van der Waals surface area contributed by atoms with Crippen molar-refractivity contribution in [2.24, 2.45) is 0 Å². The second kappa shape index (κ2) is 5.71. The Bertz CT molecular complexity index is 586. The summed E-state index contributed by atoms with van der Waals surface area (Å²) in [6.07, 6.45) is 0. The fraction of sp³-hybridized carbons (Fsp3) is 0.0714. The molecule has 0 bridgehead atoms. The van der Waals surface area contributed by atoms with Gasteiger partial charge in [0.25, 0.3) is 0 Å². The van der Waals surface area contributed by atoms with E-state index >= 15 is 0 Å². The van der Waals surface area contributed by atoms with Crippen LogP contribution in [0, 0.1) is 5.82 Å². The molecule has 2 aromatic rings. The molecule has 0 fully saturated rings. The van der Waals surface area contributed by atoms with Crippen LogP contribution >= 0.6 is 11.6 Å². The summed E-state index contributed by atoms with van der Waals surface area (Å²) in [5.74, 6) is -1.47. The van der Waals surface area contributed by atoms with Crippen LogP contribution in [0.2, 0.25) is 5.02 Å². The zero-order valence-corrected chi connectivity index (χ0v) is 10.6. The van der Waals surface area contributed by atoms with E-state index in [1.54, 1.807) is 24.3 Å². The van der Waals surface area contributed by atoms with Crippen LogP contribution in [0.1, 0.15) is 11.6 Å². The van der Waals surface area contributed by atoms with Gasteiger partial charge < -0.3 is 10.4 Å². The Balaban J connectivity index is 2.29. The van der Waals surface area contributed by atoms with Crippen LogP contribution in [0.4, 0.5) is 10.1 Å². The standard InChI is InChI=1S/C14H11ClFNO2/c15-11-3-1-2-4-12(11)17-13(14(18)19)9-5-7-10(16)8-6-9/h1-8,13,17H,(H,18,19). The van der Waals surface area contributed by atoms with E-state index in [1.807, 2.05) is 0 Å². The summed E-state index contributed by atoms with van der Waals surface area (Å²) in [6.45, 7) is 0. The van der Waals surface area contributed by atoms with Crippen LogP contribution in [0.25, 0.3) is 0 Å². The Kier molecular flexibility index (Phi) is 4.02. The van der Waals surface area contributed by atoms with Gasteiger partial charge in [-0.15, -0.1) is 0 Å². The first-order valence-electron chi connectivity index (χ1n) is 5.57. The molecule has 2 N–H and O–H groups in total. The molecule has 0 aliphatic rings. The fourth-order valence-electron chi connectivity index (χ4n) is 1.68. The summed E-state index contributed by atoms with van der Waals surface area (Å²) < 4.78 is 12.9. The summed E-state index contributed by atoms with van der Waals surface area (Å²) in [7, 11) is 0. The van der Waals surface area contributed by atoms with Gasteiger partial charge in [0, 0.05) is 0 Å². The molecular formula is C14H11ClFNO2. The van der Waals surface area contributed by atoms with Crippen molar-refractivity contribution in [3.05, 3.63) is 64.9 Å². The molecule has 5 heteroatoms. The number of nitrogens with one attached hydrogen (secondary N) is 1. The lowest BCUT2D eigenvalue weighted by Gasteiger charge is -2.17. The number of rotatable bonds is 4. The molecule has 1 atom stereocenters. The van der Waals surface area contributed by atoms with Crippen molar-refractivity contribution in [2.75, 3.05) is 5.32 Å². The Hall–Kier alpha value is -2.07. The smallest absolute Gasteiger partial charge is 0.330 e. The van der Waals surface area contributed by atoms with Gasteiger partial charge in [0.05, 0.1) is 10.7 Å². The average molecular weight is 280 g/mol. The third-order valence-electron chi connectivity index (χ3n) is 2.62. The zero-order chi connectivity index (χ0) is 13.8. The molecule has 2 aromatic carbocycles. The number of benzene rings is 2. The summed E-state index contributed by atoms with van der Waals surface area (Å²) in [4.78, 5) is 11.3. The first kappa shape index (κ1) is 13.4. The van der Waals surface area contributed by atoms with Crippen LogP contribution in [-0.4, -0.2) is 11.1 Å². The highest BCUT2D eigenvalue weighted by Gasteiger charge is 2.20. The van der Waals surface area contributed by atoms with Crippen molar-refractivity contribution in [1.82, 2.24) is 0 Å². The van der Waals surface area contributed by atoms with Gasteiger partial charge in [0.2, 0.25) is 0 Å². The van der Waals surface area contributed by atoms with Crippen molar-refractivity contribution in [1.29, 1.82) is 0 Å². The number of hydrogen-bond donors (Lipinski definition) is 2. The number of carboxylic acid groups (broad SMARTS) is 1. The lowest BCUT2D eigenvalue weighted by molar-refractivity contribution is -0.138. The van der Waals surface area contributed by atoms with Crippen molar-refractivity contribution in [2.45, 2.75) is 6.04 Å². The van der Waals surface area contributed by atoms with Crippen molar-refractivity contribution in [3.63, 3.8) is 0 Å². The predicted molar refractivity (Wildman–Crippen MR) is 71.9 cm³/mol. The normalized spacial score (nSPS) is 11.9. The maximum Gasteiger partial charge on any atom is 0.330 e. The maximum atomic E-state index is 12.9. The molecule has 98 valence electrons. The molecular weight excluding hydrogens is 269 g/mol. The molecule has 2 rings (SSSR count). The number of carbonyl (C=O) groups is 1. The lowest BCUT2D eigenvalue weighted by Crippen LogP contribution is -2.20. The molecule has 0 heterocycles. The van der Waals surface area contributed by atoms with Gasteiger partial charge in [-0.05, 0) is 29.8 Å². The Morgan fingerprint density at radius 2 is 1.79 bits per heavy atom. The van der Waals surface area contributed by atoms with Gasteiger partial charge in [0.1, 0.15) is 5.82 Å². The molecule has 0 aromatic heterocycles. The average Bonchev–Trinajstić information content (AvgIpc) is 2.39. The summed E-state index contributed by atoms with van der Waals surface area (Å²) in [5, 5.41) is 12.5. The largest absolute Gasteiger partial charge is 0.479 e. The first-order chi connectivity index (χ1) is 9.08. The summed E-state index contributed by atoms with van der Waals surface area (Å²) in [5.41, 5.74) is 0.967. The van der Waals surface area contributed by atoms with E-state index in [4.69, 9.17) is 11.6 Å². The van der Waals surface area contributed by atoms with Gasteiger partial charge in [-0.2, -0.15) is 0 Å². The minimum absolute atomic E-state index is 0.411. The fourth-order valence-corrected chi connectivity index (χ4v) is 1.87. The maximum absolute atomic E-state index is 12.9. The molecule has 3 nitrogen and oxygen atoms in total. The van der Waals surface area contributed by atoms with E-state index in [9.17, 15) is 14.3 Å². The number of anilines is 1. The van der Waals surface area contributed by atoms with E-state index in [1.165, 1.54) is 24.3 Å². The van der Waals surface area contributed by atoms with Crippen molar-refractivity contribution >= 4 is 23.3 Å². The monoisotopic (exact) mass is 279 g/mol. The molecule has 19 heavy (non-hydrogen) atoms. The van der Waals surface area contributed by atoms with Crippen LogP contribution in [0.5, 0.6) is 0 Å². The highest BCUT2D eigenvalue weighted by molar-refractivity contribution is 6.33. The number of para-hydroxylation sites is 1.